The van der Waals surface area contributed by atoms with Crippen molar-refractivity contribution in [1.82, 2.24) is 10.3 Å². The number of nitrogens with one attached hydrogen (secondary N) is 1. The molecule has 0 aliphatic carbocycles. The minimum Gasteiger partial charge on any atom is -0.379 e. The molecule has 1 N–H and O–H groups in total. The lowest BCUT2D eigenvalue weighted by Gasteiger charge is -2.25. The molecule has 1 aliphatic heterocycles. The number of rotatable bonds is 4. The summed E-state index contributed by atoms with van der Waals surface area (Å²) in [6.07, 6.45) is 1.63. The summed E-state index contributed by atoms with van der Waals surface area (Å²) in [5, 5.41) is 3.94. The van der Waals surface area contributed by atoms with E-state index in [0.717, 1.165) is 23.1 Å². The summed E-state index contributed by atoms with van der Waals surface area (Å²) in [4.78, 5) is 13.7. The molecule has 1 aromatic rings. The molecule has 102 valence electrons. The van der Waals surface area contributed by atoms with Crippen LogP contribution in [0.2, 0.25) is 0 Å². The Hall–Kier alpha value is -1.24. The van der Waals surface area contributed by atoms with Gasteiger partial charge in [-0.2, -0.15) is 5.10 Å². The van der Waals surface area contributed by atoms with Crippen molar-refractivity contribution in [2.75, 3.05) is 32.8 Å². The Kier molecular flexibility index (Phi) is 5.50. The largest absolute Gasteiger partial charge is 0.379 e. The van der Waals surface area contributed by atoms with Gasteiger partial charge in [0.05, 0.1) is 26.0 Å². The van der Waals surface area contributed by atoms with Crippen molar-refractivity contribution in [3.05, 3.63) is 34.3 Å². The third kappa shape index (κ3) is 5.10. The second-order valence-electron chi connectivity index (χ2n) is 4.24. The summed E-state index contributed by atoms with van der Waals surface area (Å²) >= 11 is 3.38. The SMILES string of the molecule is O=C(CN1CCOCC1)NN=Cc1cccc(Br)c1. The molecule has 0 bridgehead atoms. The number of amides is 1. The van der Waals surface area contributed by atoms with Crippen molar-refractivity contribution in [3.8, 4) is 0 Å². The highest BCUT2D eigenvalue weighted by Gasteiger charge is 2.13. The van der Waals surface area contributed by atoms with Crippen molar-refractivity contribution in [1.29, 1.82) is 0 Å². The van der Waals surface area contributed by atoms with Gasteiger partial charge in [0.15, 0.2) is 0 Å². The Morgan fingerprint density at radius 2 is 2.26 bits per heavy atom. The number of ether oxygens (including phenoxy) is 1. The van der Waals surface area contributed by atoms with Gasteiger partial charge in [0.2, 0.25) is 0 Å². The molecule has 5 nitrogen and oxygen atoms in total. The first kappa shape index (κ1) is 14.2. The summed E-state index contributed by atoms with van der Waals surface area (Å²) in [7, 11) is 0. The number of benzene rings is 1. The molecular weight excluding hydrogens is 310 g/mol. The number of nitrogens with zero attached hydrogens (tertiary/aromatic N) is 2. The molecule has 2 rings (SSSR count). The van der Waals surface area contributed by atoms with Crippen LogP contribution in [-0.4, -0.2) is 49.9 Å². The summed E-state index contributed by atoms with van der Waals surface area (Å²) in [5.74, 6) is -0.104. The van der Waals surface area contributed by atoms with Crippen molar-refractivity contribution in [2.24, 2.45) is 5.10 Å². The molecule has 0 atom stereocenters. The maximum Gasteiger partial charge on any atom is 0.254 e. The fourth-order valence-electron chi connectivity index (χ4n) is 1.76. The Balaban J connectivity index is 1.76. The van der Waals surface area contributed by atoms with Crippen LogP contribution < -0.4 is 5.43 Å². The smallest absolute Gasteiger partial charge is 0.254 e. The molecule has 0 spiro atoms. The van der Waals surface area contributed by atoms with E-state index in [2.05, 4.69) is 26.5 Å². The number of morpholine rings is 1. The molecule has 0 aromatic heterocycles. The summed E-state index contributed by atoms with van der Waals surface area (Å²) in [6, 6.07) is 7.70. The summed E-state index contributed by atoms with van der Waals surface area (Å²) < 4.78 is 6.21. The van der Waals surface area contributed by atoms with Gasteiger partial charge in [-0.15, -0.1) is 0 Å². The third-order valence-electron chi connectivity index (χ3n) is 2.72. The monoisotopic (exact) mass is 325 g/mol. The van der Waals surface area contributed by atoms with Crippen LogP contribution in [0, 0.1) is 0 Å². The second kappa shape index (κ2) is 7.37. The fourth-order valence-corrected chi connectivity index (χ4v) is 2.18. The lowest BCUT2D eigenvalue weighted by molar-refractivity contribution is -0.123. The Morgan fingerprint density at radius 3 is 3.00 bits per heavy atom. The zero-order valence-corrected chi connectivity index (χ0v) is 12.1. The van der Waals surface area contributed by atoms with Crippen LogP contribution in [0.5, 0.6) is 0 Å². The topological polar surface area (TPSA) is 53.9 Å². The maximum absolute atomic E-state index is 11.7. The molecule has 0 radical (unpaired) electrons. The summed E-state index contributed by atoms with van der Waals surface area (Å²) in [6.45, 7) is 3.33. The van der Waals surface area contributed by atoms with Crippen molar-refractivity contribution in [3.63, 3.8) is 0 Å². The maximum atomic E-state index is 11.7. The molecule has 0 unspecified atom stereocenters. The van der Waals surface area contributed by atoms with E-state index < -0.39 is 0 Å². The van der Waals surface area contributed by atoms with E-state index in [-0.39, 0.29) is 5.91 Å². The average Bonchev–Trinajstić information content (AvgIpc) is 2.40. The van der Waals surface area contributed by atoms with Crippen molar-refractivity contribution < 1.29 is 9.53 Å². The molecule has 19 heavy (non-hydrogen) atoms. The zero-order chi connectivity index (χ0) is 13.5. The molecule has 1 heterocycles. The Morgan fingerprint density at radius 1 is 1.47 bits per heavy atom. The van der Waals surface area contributed by atoms with Crippen LogP contribution in [-0.2, 0) is 9.53 Å². The van der Waals surface area contributed by atoms with Crippen LogP contribution in [0.4, 0.5) is 0 Å². The molecule has 1 amide bonds. The summed E-state index contributed by atoms with van der Waals surface area (Å²) in [5.41, 5.74) is 3.46. The fraction of sp³-hybridized carbons (Fsp3) is 0.385. The van der Waals surface area contributed by atoms with E-state index in [1.54, 1.807) is 6.21 Å². The van der Waals surface area contributed by atoms with Crippen molar-refractivity contribution >= 4 is 28.1 Å². The van der Waals surface area contributed by atoms with Gasteiger partial charge in [-0.25, -0.2) is 5.43 Å². The van der Waals surface area contributed by atoms with Crippen LogP contribution in [0.3, 0.4) is 0 Å². The zero-order valence-electron chi connectivity index (χ0n) is 10.5. The highest BCUT2D eigenvalue weighted by atomic mass is 79.9. The van der Waals surface area contributed by atoms with Gasteiger partial charge >= 0.3 is 0 Å². The molecule has 0 saturated carbocycles. The quantitative estimate of drug-likeness (QED) is 0.669. The Bertz CT molecular complexity index is 459. The van der Waals surface area contributed by atoms with Gasteiger partial charge in [-0.3, -0.25) is 9.69 Å². The molecule has 1 fully saturated rings. The van der Waals surface area contributed by atoms with Gasteiger partial charge in [0.25, 0.3) is 5.91 Å². The second-order valence-corrected chi connectivity index (χ2v) is 5.15. The van der Waals surface area contributed by atoms with Gasteiger partial charge in [-0.05, 0) is 17.7 Å². The van der Waals surface area contributed by atoms with E-state index in [9.17, 15) is 4.79 Å². The van der Waals surface area contributed by atoms with E-state index in [0.29, 0.717) is 19.8 Å². The standard InChI is InChI=1S/C13H16BrN3O2/c14-12-3-1-2-11(8-12)9-15-16-13(18)10-17-4-6-19-7-5-17/h1-3,8-9H,4-7,10H2,(H,16,18). The first-order valence-corrected chi connectivity index (χ1v) is 6.91. The highest BCUT2D eigenvalue weighted by molar-refractivity contribution is 9.10. The minimum absolute atomic E-state index is 0.104. The number of hydrogen-bond acceptors (Lipinski definition) is 4. The number of carbonyl (C=O) groups excluding carboxylic acids is 1. The van der Waals surface area contributed by atoms with E-state index in [4.69, 9.17) is 4.74 Å². The van der Waals surface area contributed by atoms with Crippen molar-refractivity contribution in [2.45, 2.75) is 0 Å². The van der Waals surface area contributed by atoms with Gasteiger partial charge in [-0.1, -0.05) is 28.1 Å². The molecular formula is C13H16BrN3O2. The Labute approximate surface area is 120 Å². The van der Waals surface area contributed by atoms with Crippen LogP contribution >= 0.6 is 15.9 Å². The van der Waals surface area contributed by atoms with E-state index in [1.165, 1.54) is 0 Å². The van der Waals surface area contributed by atoms with E-state index in [1.807, 2.05) is 29.2 Å². The molecule has 1 aliphatic rings. The minimum atomic E-state index is -0.104. The lowest BCUT2D eigenvalue weighted by atomic mass is 10.2. The predicted octanol–water partition coefficient (Wildman–Crippen LogP) is 1.23. The molecule has 1 saturated heterocycles. The lowest BCUT2D eigenvalue weighted by Crippen LogP contribution is -2.42. The predicted molar refractivity (Wildman–Crippen MR) is 77.1 cm³/mol. The number of halogens is 1. The van der Waals surface area contributed by atoms with E-state index >= 15 is 0 Å². The first-order chi connectivity index (χ1) is 9.24. The van der Waals surface area contributed by atoms with Gasteiger partial charge < -0.3 is 4.74 Å². The van der Waals surface area contributed by atoms with Crippen LogP contribution in [0.25, 0.3) is 0 Å². The third-order valence-corrected chi connectivity index (χ3v) is 3.22. The van der Waals surface area contributed by atoms with Crippen LogP contribution in [0.1, 0.15) is 5.56 Å². The van der Waals surface area contributed by atoms with Crippen LogP contribution in [0.15, 0.2) is 33.8 Å². The molecule has 1 aromatic carbocycles. The number of hydrogen-bond donors (Lipinski definition) is 1. The average molecular weight is 326 g/mol. The number of carbonyl (C=O) groups is 1. The first-order valence-electron chi connectivity index (χ1n) is 6.11. The highest BCUT2D eigenvalue weighted by Crippen LogP contribution is 2.09. The van der Waals surface area contributed by atoms with Gasteiger partial charge in [0, 0.05) is 17.6 Å². The molecule has 6 heteroatoms. The normalized spacial score (nSPS) is 16.7. The van der Waals surface area contributed by atoms with Gasteiger partial charge in [0.1, 0.15) is 0 Å². The number of hydrazone groups is 1.